The lowest BCUT2D eigenvalue weighted by atomic mass is 9.89. The first-order valence-corrected chi connectivity index (χ1v) is 14.3. The lowest BCUT2D eigenvalue weighted by molar-refractivity contribution is 0.203. The largest absolute Gasteiger partial charge is 0.496 e. The minimum atomic E-state index is 0.377. The fourth-order valence-corrected chi connectivity index (χ4v) is 7.01. The second-order valence-corrected chi connectivity index (χ2v) is 11.5. The number of rotatable bonds is 8. The summed E-state index contributed by atoms with van der Waals surface area (Å²) < 4.78 is 7.01. The first-order valence-electron chi connectivity index (χ1n) is 12.7. The highest BCUT2D eigenvalue weighted by molar-refractivity contribution is 7.20. The number of hydrogen-bond acceptors (Lipinski definition) is 4. The maximum absolute atomic E-state index is 6.94. The van der Waals surface area contributed by atoms with Gasteiger partial charge in [0.25, 0.3) is 0 Å². The van der Waals surface area contributed by atoms with Crippen LogP contribution >= 0.6 is 34.5 Å². The van der Waals surface area contributed by atoms with Crippen molar-refractivity contribution in [2.24, 2.45) is 0 Å². The number of fused-ring (bicyclic) bond motifs is 1. The zero-order chi connectivity index (χ0) is 25.9. The molecule has 37 heavy (non-hydrogen) atoms. The van der Waals surface area contributed by atoms with E-state index in [0.717, 1.165) is 74.1 Å². The van der Waals surface area contributed by atoms with Crippen LogP contribution < -0.4 is 10.1 Å². The van der Waals surface area contributed by atoms with E-state index in [1.807, 2.05) is 18.2 Å². The summed E-state index contributed by atoms with van der Waals surface area (Å²) in [7, 11) is 3.80. The van der Waals surface area contributed by atoms with Crippen molar-refractivity contribution >= 4 is 50.3 Å². The van der Waals surface area contributed by atoms with Gasteiger partial charge in [0.1, 0.15) is 5.75 Å². The predicted molar refractivity (Wildman–Crippen MR) is 160 cm³/mol. The van der Waals surface area contributed by atoms with Crippen molar-refractivity contribution in [3.05, 3.63) is 93.8 Å². The number of nitrogens with zero attached hydrogens (tertiary/aromatic N) is 1. The lowest BCUT2D eigenvalue weighted by Gasteiger charge is -2.39. The molecule has 1 fully saturated rings. The van der Waals surface area contributed by atoms with Gasteiger partial charge in [-0.25, -0.2) is 0 Å². The van der Waals surface area contributed by atoms with Crippen LogP contribution in [0.1, 0.15) is 36.1 Å². The Balaban J connectivity index is 1.52. The number of ether oxygens (including phenoxy) is 1. The fourth-order valence-electron chi connectivity index (χ4n) is 5.36. The molecule has 0 saturated heterocycles. The Labute approximate surface area is 233 Å². The number of hydrogen-bond donors (Lipinski definition) is 1. The molecular formula is C31H32Cl2N2OS. The second-order valence-electron chi connectivity index (χ2n) is 9.64. The Morgan fingerprint density at radius 3 is 2.38 bits per heavy atom. The van der Waals surface area contributed by atoms with Crippen molar-refractivity contribution in [2.45, 2.75) is 44.3 Å². The molecule has 0 radical (unpaired) electrons. The molecular weight excluding hydrogens is 519 g/mol. The summed E-state index contributed by atoms with van der Waals surface area (Å²) in [6.07, 6.45) is 4.50. The molecule has 0 spiro atoms. The maximum atomic E-state index is 6.94. The zero-order valence-corrected chi connectivity index (χ0v) is 23.6. The molecule has 3 aromatic carbocycles. The quantitative estimate of drug-likeness (QED) is 0.237. The van der Waals surface area contributed by atoms with Crippen molar-refractivity contribution in [3.63, 3.8) is 0 Å². The Hall–Kier alpha value is -2.50. The summed E-state index contributed by atoms with van der Waals surface area (Å²) in [5.74, 6) is 0.877. The molecule has 0 unspecified atom stereocenters. The van der Waals surface area contributed by atoms with Gasteiger partial charge in [-0.1, -0.05) is 66.2 Å². The average molecular weight is 552 g/mol. The van der Waals surface area contributed by atoms with E-state index in [9.17, 15) is 0 Å². The van der Waals surface area contributed by atoms with Gasteiger partial charge in [-0.3, -0.25) is 0 Å². The Morgan fingerprint density at radius 1 is 1.00 bits per heavy atom. The van der Waals surface area contributed by atoms with Gasteiger partial charge in [-0.15, -0.1) is 11.3 Å². The van der Waals surface area contributed by atoms with Gasteiger partial charge < -0.3 is 15.0 Å². The molecule has 1 aromatic heterocycles. The fraction of sp³-hybridized carbons (Fsp3) is 0.290. The SMILES string of the molecule is C=C(c1sc2ccccc2c1Cl)N(Cc1cc(-c2ccc(Cl)cc2)ccc1OC)[C@H]1CC[C@H](NC)CC1. The molecule has 0 atom stereocenters. The minimum absolute atomic E-state index is 0.377. The number of thiophene rings is 1. The molecule has 0 amide bonds. The van der Waals surface area contributed by atoms with Crippen molar-refractivity contribution in [1.82, 2.24) is 10.2 Å². The van der Waals surface area contributed by atoms with E-state index in [-0.39, 0.29) is 0 Å². The van der Waals surface area contributed by atoms with E-state index < -0.39 is 0 Å². The Bertz CT molecular complexity index is 1390. The minimum Gasteiger partial charge on any atom is -0.496 e. The average Bonchev–Trinajstić information content (AvgIpc) is 3.28. The number of nitrogens with one attached hydrogen (secondary N) is 1. The molecule has 4 aromatic rings. The van der Waals surface area contributed by atoms with Crippen LogP contribution in [0.5, 0.6) is 5.75 Å². The van der Waals surface area contributed by atoms with Crippen molar-refractivity contribution < 1.29 is 4.74 Å². The molecule has 0 bridgehead atoms. The first kappa shape index (κ1) is 26.1. The van der Waals surface area contributed by atoms with Crippen molar-refractivity contribution in [1.29, 1.82) is 0 Å². The lowest BCUT2D eigenvalue weighted by Crippen LogP contribution is -2.40. The summed E-state index contributed by atoms with van der Waals surface area (Å²) >= 11 is 14.8. The van der Waals surface area contributed by atoms with Crippen molar-refractivity contribution in [2.75, 3.05) is 14.2 Å². The third-order valence-electron chi connectivity index (χ3n) is 7.49. The number of methoxy groups -OCH3 is 1. The van der Waals surface area contributed by atoms with E-state index in [1.165, 1.54) is 4.70 Å². The van der Waals surface area contributed by atoms with Gasteiger partial charge in [0.2, 0.25) is 0 Å². The van der Waals surface area contributed by atoms with Crippen LogP contribution in [-0.4, -0.2) is 31.1 Å². The smallest absolute Gasteiger partial charge is 0.123 e. The molecule has 6 heteroatoms. The maximum Gasteiger partial charge on any atom is 0.123 e. The molecule has 5 rings (SSSR count). The van der Waals surface area contributed by atoms with Crippen LogP contribution in [0.15, 0.2) is 73.3 Å². The van der Waals surface area contributed by atoms with Crippen LogP contribution in [-0.2, 0) is 6.54 Å². The summed E-state index contributed by atoms with van der Waals surface area (Å²) in [6.45, 7) is 5.32. The molecule has 1 heterocycles. The van der Waals surface area contributed by atoms with Gasteiger partial charge in [0.05, 0.1) is 17.0 Å². The van der Waals surface area contributed by atoms with E-state index in [4.69, 9.17) is 27.9 Å². The van der Waals surface area contributed by atoms with Crippen LogP contribution in [0.2, 0.25) is 10.0 Å². The normalized spacial score (nSPS) is 17.6. The van der Waals surface area contributed by atoms with Gasteiger partial charge in [0.15, 0.2) is 0 Å². The Morgan fingerprint density at radius 2 is 1.70 bits per heavy atom. The van der Waals surface area contributed by atoms with E-state index in [1.54, 1.807) is 18.4 Å². The van der Waals surface area contributed by atoms with Gasteiger partial charge in [-0.2, -0.15) is 0 Å². The standard InChI is InChI=1S/C31H32Cl2N2OS/c1-20(31-30(33)27-6-4-5-7-29(27)37-31)35(26-15-13-25(34-2)14-16-26)19-23-18-22(10-17-28(23)36-3)21-8-11-24(32)12-9-21/h4-12,17-18,25-26,34H,1,13-16,19H2,2-3H3/t25-,26-. The van der Waals surface area contributed by atoms with Crippen molar-refractivity contribution in [3.8, 4) is 16.9 Å². The first-order chi connectivity index (χ1) is 18.0. The molecule has 1 N–H and O–H groups in total. The van der Waals surface area contributed by atoms with Gasteiger partial charge in [-0.05, 0) is 74.2 Å². The summed E-state index contributed by atoms with van der Waals surface area (Å²) in [5.41, 5.74) is 4.37. The monoisotopic (exact) mass is 550 g/mol. The molecule has 1 aliphatic rings. The topological polar surface area (TPSA) is 24.5 Å². The van der Waals surface area contributed by atoms with Crippen LogP contribution in [0.3, 0.4) is 0 Å². The highest BCUT2D eigenvalue weighted by Crippen LogP contribution is 2.42. The second kappa shape index (κ2) is 11.5. The predicted octanol–water partition coefficient (Wildman–Crippen LogP) is 8.89. The summed E-state index contributed by atoms with van der Waals surface area (Å²) in [4.78, 5) is 3.51. The molecule has 3 nitrogen and oxygen atoms in total. The Kier molecular flexibility index (Phi) is 8.11. The highest BCUT2D eigenvalue weighted by Gasteiger charge is 2.29. The number of benzene rings is 3. The van der Waals surface area contributed by atoms with E-state index >= 15 is 0 Å². The van der Waals surface area contributed by atoms with E-state index in [0.29, 0.717) is 18.6 Å². The summed E-state index contributed by atoms with van der Waals surface area (Å²) in [6, 6.07) is 23.6. The molecule has 192 valence electrons. The number of halogens is 2. The van der Waals surface area contributed by atoms with Crippen LogP contribution in [0, 0.1) is 0 Å². The highest BCUT2D eigenvalue weighted by atomic mass is 35.5. The van der Waals surface area contributed by atoms with Crippen LogP contribution in [0.4, 0.5) is 0 Å². The molecule has 1 aliphatic carbocycles. The van der Waals surface area contributed by atoms with Gasteiger partial charge >= 0.3 is 0 Å². The van der Waals surface area contributed by atoms with Crippen LogP contribution in [0.25, 0.3) is 26.9 Å². The zero-order valence-electron chi connectivity index (χ0n) is 21.3. The molecule has 1 saturated carbocycles. The summed E-state index contributed by atoms with van der Waals surface area (Å²) in [5, 5.41) is 6.08. The molecule has 0 aliphatic heterocycles. The third kappa shape index (κ3) is 5.53. The third-order valence-corrected chi connectivity index (χ3v) is 9.46. The van der Waals surface area contributed by atoms with E-state index in [2.05, 4.69) is 72.4 Å². The van der Waals surface area contributed by atoms with Gasteiger partial charge in [0, 0.05) is 45.0 Å².